The third-order valence-electron chi connectivity index (χ3n) is 4.72. The van der Waals surface area contributed by atoms with Gasteiger partial charge in [-0.15, -0.1) is 0 Å². The van der Waals surface area contributed by atoms with Crippen molar-refractivity contribution in [2.24, 2.45) is 0 Å². The second-order valence-corrected chi connectivity index (χ2v) is 10.6. The topological polar surface area (TPSA) is 74.8 Å². The highest BCUT2D eigenvalue weighted by atomic mass is 32.2. The molecule has 1 aromatic carbocycles. The summed E-state index contributed by atoms with van der Waals surface area (Å²) < 4.78 is 36.8. The number of carbonyl (C=O) groups excluding carboxylic acids is 2. The van der Waals surface area contributed by atoms with E-state index in [4.69, 9.17) is 12.2 Å². The van der Waals surface area contributed by atoms with Gasteiger partial charge in [0.05, 0.1) is 16.4 Å². The van der Waals surface area contributed by atoms with Crippen molar-refractivity contribution in [3.05, 3.63) is 40.6 Å². The Kier molecular flexibility index (Phi) is 6.21. The highest BCUT2D eigenvalue weighted by Gasteiger charge is 2.35. The molecule has 10 heteroatoms. The van der Waals surface area contributed by atoms with Crippen LogP contribution in [0.2, 0.25) is 0 Å². The second-order valence-electron chi connectivity index (χ2n) is 6.70. The Bertz CT molecular complexity index is 961. The number of rotatable bonds is 5. The van der Waals surface area contributed by atoms with Crippen LogP contribution in [0.5, 0.6) is 0 Å². The van der Waals surface area contributed by atoms with E-state index in [0.29, 0.717) is 21.2 Å². The molecular formula is C18H19FN2O4S3. The molecule has 0 aliphatic carbocycles. The van der Waals surface area contributed by atoms with Gasteiger partial charge in [0.25, 0.3) is 5.91 Å². The lowest BCUT2D eigenvalue weighted by atomic mass is 10.2. The third-order valence-corrected chi connectivity index (χ3v) is 7.85. The summed E-state index contributed by atoms with van der Waals surface area (Å²) >= 11 is 6.35. The van der Waals surface area contributed by atoms with E-state index in [1.165, 1.54) is 21.9 Å². The van der Waals surface area contributed by atoms with Crippen LogP contribution in [-0.4, -0.2) is 65.5 Å². The van der Waals surface area contributed by atoms with Gasteiger partial charge >= 0.3 is 0 Å². The van der Waals surface area contributed by atoms with Gasteiger partial charge in [-0.2, -0.15) is 0 Å². The van der Waals surface area contributed by atoms with Crippen molar-refractivity contribution in [1.82, 2.24) is 9.80 Å². The molecule has 28 heavy (non-hydrogen) atoms. The average molecular weight is 443 g/mol. The van der Waals surface area contributed by atoms with Gasteiger partial charge < -0.3 is 4.90 Å². The Morgan fingerprint density at radius 2 is 2.21 bits per heavy atom. The fraction of sp³-hybridized carbons (Fsp3) is 0.389. The highest BCUT2D eigenvalue weighted by Crippen LogP contribution is 2.32. The molecule has 2 fully saturated rings. The number of thiocarbonyl (C=S) groups is 1. The van der Waals surface area contributed by atoms with Crippen LogP contribution in [0.4, 0.5) is 4.39 Å². The van der Waals surface area contributed by atoms with Crippen molar-refractivity contribution in [3.63, 3.8) is 0 Å². The van der Waals surface area contributed by atoms with E-state index in [2.05, 4.69) is 0 Å². The minimum atomic E-state index is -3.08. The van der Waals surface area contributed by atoms with Crippen LogP contribution < -0.4 is 0 Å². The molecule has 0 spiro atoms. The largest absolute Gasteiger partial charge is 0.342 e. The molecule has 2 aliphatic rings. The zero-order valence-electron chi connectivity index (χ0n) is 15.1. The summed E-state index contributed by atoms with van der Waals surface area (Å²) in [6, 6.07) is 5.56. The number of benzene rings is 1. The number of hydrogen-bond donors (Lipinski definition) is 0. The molecule has 3 rings (SSSR count). The molecule has 0 N–H and O–H groups in total. The normalized spacial score (nSPS) is 22.9. The zero-order valence-corrected chi connectivity index (χ0v) is 17.6. The predicted octanol–water partition coefficient (Wildman–Crippen LogP) is 2.06. The Balaban J connectivity index is 1.61. The molecule has 2 aliphatic heterocycles. The smallest absolute Gasteiger partial charge is 0.266 e. The highest BCUT2D eigenvalue weighted by molar-refractivity contribution is 8.26. The van der Waals surface area contributed by atoms with Crippen molar-refractivity contribution in [1.29, 1.82) is 0 Å². The van der Waals surface area contributed by atoms with E-state index < -0.39 is 15.7 Å². The van der Waals surface area contributed by atoms with Gasteiger partial charge in [-0.3, -0.25) is 14.5 Å². The molecule has 2 heterocycles. The standard InChI is InChI=1S/C18H19FN2O4S3/c1-20(14-6-8-28(24,25)11-14)16(22)5-7-21-17(23)15(27-18(21)26)10-12-3-2-4-13(19)9-12/h2-4,9-10,14H,5-8,11H2,1H3/b15-10-/t14-/m0/s1. The molecule has 0 bridgehead atoms. The molecule has 0 unspecified atom stereocenters. The number of amides is 2. The summed E-state index contributed by atoms with van der Waals surface area (Å²) in [5.74, 6) is -0.878. The van der Waals surface area contributed by atoms with Crippen molar-refractivity contribution in [3.8, 4) is 0 Å². The van der Waals surface area contributed by atoms with Gasteiger partial charge in [-0.05, 0) is 30.2 Å². The van der Waals surface area contributed by atoms with E-state index in [9.17, 15) is 22.4 Å². The van der Waals surface area contributed by atoms with Crippen LogP contribution in [0, 0.1) is 5.82 Å². The summed E-state index contributed by atoms with van der Waals surface area (Å²) in [5, 5.41) is 0. The molecule has 0 saturated carbocycles. The van der Waals surface area contributed by atoms with Gasteiger partial charge in [-0.25, -0.2) is 12.8 Å². The molecule has 1 atom stereocenters. The summed E-state index contributed by atoms with van der Waals surface area (Å²) in [5.41, 5.74) is 0.554. The number of sulfone groups is 1. The molecule has 2 amide bonds. The first-order valence-corrected chi connectivity index (χ1v) is 11.7. The van der Waals surface area contributed by atoms with Crippen LogP contribution in [0.15, 0.2) is 29.2 Å². The minimum absolute atomic E-state index is 0.0212. The van der Waals surface area contributed by atoms with Crippen LogP contribution in [0.25, 0.3) is 6.08 Å². The van der Waals surface area contributed by atoms with Crippen molar-refractivity contribution < 1.29 is 22.4 Å². The van der Waals surface area contributed by atoms with Gasteiger partial charge in [0, 0.05) is 26.1 Å². The first-order valence-electron chi connectivity index (χ1n) is 8.63. The number of carbonyl (C=O) groups is 2. The first-order chi connectivity index (χ1) is 13.2. The maximum atomic E-state index is 13.3. The number of halogens is 1. The lowest BCUT2D eigenvalue weighted by Gasteiger charge is -2.24. The lowest BCUT2D eigenvalue weighted by Crippen LogP contribution is -2.40. The van der Waals surface area contributed by atoms with Crippen LogP contribution in [-0.2, 0) is 19.4 Å². The van der Waals surface area contributed by atoms with Gasteiger partial charge in [0.15, 0.2) is 9.84 Å². The monoisotopic (exact) mass is 442 g/mol. The summed E-state index contributed by atoms with van der Waals surface area (Å²) in [7, 11) is -1.49. The van der Waals surface area contributed by atoms with E-state index in [1.54, 1.807) is 25.3 Å². The quantitative estimate of drug-likeness (QED) is 0.513. The van der Waals surface area contributed by atoms with Crippen molar-refractivity contribution in [2.75, 3.05) is 25.1 Å². The van der Waals surface area contributed by atoms with Crippen molar-refractivity contribution >= 4 is 56.0 Å². The third kappa shape index (κ3) is 4.79. The van der Waals surface area contributed by atoms with Crippen LogP contribution >= 0.6 is 24.0 Å². The predicted molar refractivity (Wildman–Crippen MR) is 111 cm³/mol. The Labute approximate surface area is 172 Å². The molecule has 0 aromatic heterocycles. The SMILES string of the molecule is CN(C(=O)CCN1C(=O)/C(=C/c2cccc(F)c2)SC1=S)[C@H]1CCS(=O)(=O)C1. The van der Waals surface area contributed by atoms with Gasteiger partial charge in [-0.1, -0.05) is 36.1 Å². The maximum Gasteiger partial charge on any atom is 0.266 e. The molecule has 0 radical (unpaired) electrons. The zero-order chi connectivity index (χ0) is 20.5. The molecule has 6 nitrogen and oxygen atoms in total. The molecule has 1 aromatic rings. The molecule has 2 saturated heterocycles. The van der Waals surface area contributed by atoms with E-state index >= 15 is 0 Å². The number of hydrogen-bond acceptors (Lipinski definition) is 6. The summed E-state index contributed by atoms with van der Waals surface area (Å²) in [6.45, 7) is 0.119. The Morgan fingerprint density at radius 3 is 2.86 bits per heavy atom. The molecular weight excluding hydrogens is 423 g/mol. The van der Waals surface area contributed by atoms with Crippen molar-refractivity contribution in [2.45, 2.75) is 18.9 Å². The lowest BCUT2D eigenvalue weighted by molar-refractivity contribution is -0.132. The van der Waals surface area contributed by atoms with E-state index in [1.807, 2.05) is 0 Å². The maximum absolute atomic E-state index is 13.3. The van der Waals surface area contributed by atoms with E-state index in [-0.39, 0.29) is 42.3 Å². The van der Waals surface area contributed by atoms with Gasteiger partial charge in [0.2, 0.25) is 5.91 Å². The van der Waals surface area contributed by atoms with E-state index in [0.717, 1.165) is 11.8 Å². The number of thioether (sulfide) groups is 1. The average Bonchev–Trinajstić information content (AvgIpc) is 3.11. The summed E-state index contributed by atoms with van der Waals surface area (Å²) in [4.78, 5) is 28.2. The van der Waals surface area contributed by atoms with Crippen LogP contribution in [0.3, 0.4) is 0 Å². The number of nitrogens with zero attached hydrogens (tertiary/aromatic N) is 2. The van der Waals surface area contributed by atoms with Crippen LogP contribution in [0.1, 0.15) is 18.4 Å². The molecule has 150 valence electrons. The minimum Gasteiger partial charge on any atom is -0.342 e. The first kappa shape index (κ1) is 20.9. The Morgan fingerprint density at radius 1 is 1.46 bits per heavy atom. The van der Waals surface area contributed by atoms with Gasteiger partial charge in [0.1, 0.15) is 10.1 Å². The Hall–Kier alpha value is -1.78. The fourth-order valence-electron chi connectivity index (χ4n) is 3.11. The fourth-order valence-corrected chi connectivity index (χ4v) is 6.19. The second kappa shape index (κ2) is 8.30. The summed E-state index contributed by atoms with van der Waals surface area (Å²) in [6.07, 6.45) is 2.05.